The molecule has 0 amide bonds. The van der Waals surface area contributed by atoms with Crippen LogP contribution in [0.1, 0.15) is 38.3 Å². The van der Waals surface area contributed by atoms with Gasteiger partial charge in [0.2, 0.25) is 0 Å². The van der Waals surface area contributed by atoms with Crippen molar-refractivity contribution in [1.29, 1.82) is 0 Å². The molecule has 4 nitrogen and oxygen atoms in total. The fourth-order valence-corrected chi connectivity index (χ4v) is 2.56. The molecule has 1 unspecified atom stereocenters. The van der Waals surface area contributed by atoms with E-state index >= 15 is 0 Å². The number of aryl methyl sites for hydroxylation is 1. The Balaban J connectivity index is 2.05. The minimum absolute atomic E-state index is 0.350. The summed E-state index contributed by atoms with van der Waals surface area (Å²) >= 11 is 0. The second-order valence-electron chi connectivity index (χ2n) is 5.10. The largest absolute Gasteiger partial charge is 0.329 e. The van der Waals surface area contributed by atoms with Crippen LogP contribution in [0.3, 0.4) is 0 Å². The number of hydrogen-bond acceptors (Lipinski definition) is 3. The summed E-state index contributed by atoms with van der Waals surface area (Å²) in [5.74, 6) is 0.864. The second kappa shape index (κ2) is 5.65. The minimum Gasteiger partial charge on any atom is -0.329 e. The van der Waals surface area contributed by atoms with Crippen molar-refractivity contribution in [2.75, 3.05) is 19.6 Å². The quantitative estimate of drug-likeness (QED) is 0.864. The van der Waals surface area contributed by atoms with Gasteiger partial charge in [-0.05, 0) is 38.8 Å². The van der Waals surface area contributed by atoms with Crippen molar-refractivity contribution >= 4 is 0 Å². The number of nitrogens with zero attached hydrogens (tertiary/aromatic N) is 3. The molecule has 0 aliphatic carbocycles. The van der Waals surface area contributed by atoms with Gasteiger partial charge in [0.1, 0.15) is 0 Å². The van der Waals surface area contributed by atoms with Gasteiger partial charge in [-0.15, -0.1) is 0 Å². The zero-order valence-corrected chi connectivity index (χ0v) is 11.0. The lowest BCUT2D eigenvalue weighted by Crippen LogP contribution is -2.39. The Hall–Kier alpha value is -0.870. The van der Waals surface area contributed by atoms with E-state index in [1.165, 1.54) is 31.5 Å². The number of piperidine rings is 1. The fraction of sp³-hybridized carbons (Fsp3) is 0.769. The van der Waals surface area contributed by atoms with Gasteiger partial charge in [0.05, 0.1) is 12.2 Å². The third-order valence-corrected chi connectivity index (χ3v) is 3.84. The van der Waals surface area contributed by atoms with E-state index in [0.717, 1.165) is 12.5 Å². The van der Waals surface area contributed by atoms with Gasteiger partial charge in [-0.2, -0.15) is 5.10 Å². The van der Waals surface area contributed by atoms with Crippen molar-refractivity contribution < 1.29 is 0 Å². The van der Waals surface area contributed by atoms with Gasteiger partial charge < -0.3 is 5.73 Å². The Kier molecular flexibility index (Phi) is 4.18. The molecule has 0 spiro atoms. The molecule has 1 atom stereocenters. The Labute approximate surface area is 104 Å². The summed E-state index contributed by atoms with van der Waals surface area (Å²) in [6, 6.07) is 0.350. The maximum Gasteiger partial charge on any atom is 0.0538 e. The van der Waals surface area contributed by atoms with E-state index in [-0.39, 0.29) is 0 Å². The molecule has 0 aromatic carbocycles. The van der Waals surface area contributed by atoms with Crippen molar-refractivity contribution in [3.05, 3.63) is 18.0 Å². The molecule has 2 N–H and O–H groups in total. The molecule has 17 heavy (non-hydrogen) atoms. The number of likely N-dealkylation sites (tertiary alicyclic amines) is 1. The summed E-state index contributed by atoms with van der Waals surface area (Å²) in [7, 11) is 0. The SMILES string of the molecule is CCn1cc(C(CN)N2CCC(C)CC2)cn1. The van der Waals surface area contributed by atoms with Crippen molar-refractivity contribution in [3.8, 4) is 0 Å². The fourth-order valence-electron chi connectivity index (χ4n) is 2.56. The monoisotopic (exact) mass is 236 g/mol. The van der Waals surface area contributed by atoms with E-state index in [0.29, 0.717) is 12.6 Å². The van der Waals surface area contributed by atoms with Gasteiger partial charge in [0.25, 0.3) is 0 Å². The zero-order valence-electron chi connectivity index (χ0n) is 11.0. The van der Waals surface area contributed by atoms with E-state index in [1.807, 2.05) is 10.9 Å². The summed E-state index contributed by atoms with van der Waals surface area (Å²) in [5, 5.41) is 4.35. The van der Waals surface area contributed by atoms with Crippen LogP contribution in [0.5, 0.6) is 0 Å². The van der Waals surface area contributed by atoms with E-state index in [4.69, 9.17) is 5.73 Å². The molecule has 2 rings (SSSR count). The van der Waals surface area contributed by atoms with Gasteiger partial charge in [0, 0.05) is 24.8 Å². The first kappa shape index (κ1) is 12.6. The molecule has 1 aliphatic heterocycles. The molecule has 1 aromatic rings. The van der Waals surface area contributed by atoms with Crippen LogP contribution in [0.4, 0.5) is 0 Å². The van der Waals surface area contributed by atoms with E-state index in [9.17, 15) is 0 Å². The van der Waals surface area contributed by atoms with Crippen molar-refractivity contribution in [1.82, 2.24) is 14.7 Å². The molecule has 1 fully saturated rings. The molecule has 1 aromatic heterocycles. The number of nitrogens with two attached hydrogens (primary N) is 1. The number of hydrogen-bond donors (Lipinski definition) is 1. The molecular formula is C13H24N4. The van der Waals surface area contributed by atoms with Crippen LogP contribution >= 0.6 is 0 Å². The van der Waals surface area contributed by atoms with E-state index < -0.39 is 0 Å². The highest BCUT2D eigenvalue weighted by molar-refractivity contribution is 5.11. The molecule has 4 heteroatoms. The molecule has 96 valence electrons. The van der Waals surface area contributed by atoms with E-state index in [1.54, 1.807) is 0 Å². The number of aromatic nitrogens is 2. The third kappa shape index (κ3) is 2.87. The molecule has 1 aliphatic rings. The maximum absolute atomic E-state index is 5.94. The predicted octanol–water partition coefficient (Wildman–Crippen LogP) is 1.63. The topological polar surface area (TPSA) is 47.1 Å². The first-order valence-corrected chi connectivity index (χ1v) is 6.71. The predicted molar refractivity (Wildman–Crippen MR) is 69.7 cm³/mol. The smallest absolute Gasteiger partial charge is 0.0538 e. The highest BCUT2D eigenvalue weighted by Gasteiger charge is 2.24. The highest BCUT2D eigenvalue weighted by Crippen LogP contribution is 2.25. The molecule has 2 heterocycles. The summed E-state index contributed by atoms with van der Waals surface area (Å²) in [6.07, 6.45) is 6.69. The third-order valence-electron chi connectivity index (χ3n) is 3.84. The summed E-state index contributed by atoms with van der Waals surface area (Å²) in [4.78, 5) is 2.51. The average Bonchev–Trinajstić information content (AvgIpc) is 2.81. The average molecular weight is 236 g/mol. The Morgan fingerprint density at radius 2 is 2.18 bits per heavy atom. The molecule has 1 saturated heterocycles. The second-order valence-corrected chi connectivity index (χ2v) is 5.10. The van der Waals surface area contributed by atoms with Crippen LogP contribution in [-0.2, 0) is 6.54 Å². The number of rotatable bonds is 4. The van der Waals surface area contributed by atoms with Crippen molar-refractivity contribution in [2.24, 2.45) is 11.7 Å². The normalized spacial score (nSPS) is 20.6. The zero-order chi connectivity index (χ0) is 12.3. The first-order valence-electron chi connectivity index (χ1n) is 6.71. The van der Waals surface area contributed by atoms with Crippen LogP contribution in [0.2, 0.25) is 0 Å². The lowest BCUT2D eigenvalue weighted by molar-refractivity contribution is 0.141. The van der Waals surface area contributed by atoms with Gasteiger partial charge in [0.15, 0.2) is 0 Å². The Bertz CT molecular complexity index is 339. The minimum atomic E-state index is 0.350. The van der Waals surface area contributed by atoms with Gasteiger partial charge in [-0.1, -0.05) is 6.92 Å². The molecule has 0 bridgehead atoms. The highest BCUT2D eigenvalue weighted by atomic mass is 15.3. The van der Waals surface area contributed by atoms with Crippen LogP contribution in [0, 0.1) is 5.92 Å². The Morgan fingerprint density at radius 1 is 1.47 bits per heavy atom. The van der Waals surface area contributed by atoms with Gasteiger partial charge in [-0.25, -0.2) is 0 Å². The summed E-state index contributed by atoms with van der Waals surface area (Å²) < 4.78 is 1.98. The first-order chi connectivity index (χ1) is 8.24. The standard InChI is InChI=1S/C13H24N4/c1-3-17-10-12(9-15-17)13(8-14)16-6-4-11(2)5-7-16/h9-11,13H,3-8,14H2,1-2H3. The molecule has 0 radical (unpaired) electrons. The van der Waals surface area contributed by atoms with Crippen molar-refractivity contribution in [3.63, 3.8) is 0 Å². The lowest BCUT2D eigenvalue weighted by atomic mass is 9.96. The van der Waals surface area contributed by atoms with Gasteiger partial charge >= 0.3 is 0 Å². The van der Waals surface area contributed by atoms with Crippen LogP contribution in [-0.4, -0.2) is 34.3 Å². The Morgan fingerprint density at radius 3 is 2.71 bits per heavy atom. The lowest BCUT2D eigenvalue weighted by Gasteiger charge is -2.35. The van der Waals surface area contributed by atoms with E-state index in [2.05, 4.69) is 30.0 Å². The van der Waals surface area contributed by atoms with Gasteiger partial charge in [-0.3, -0.25) is 9.58 Å². The van der Waals surface area contributed by atoms with Crippen molar-refractivity contribution in [2.45, 2.75) is 39.3 Å². The van der Waals surface area contributed by atoms with Crippen LogP contribution in [0.15, 0.2) is 12.4 Å². The summed E-state index contributed by atoms with van der Waals surface area (Å²) in [6.45, 7) is 8.39. The maximum atomic E-state index is 5.94. The van der Waals surface area contributed by atoms with Crippen LogP contribution in [0.25, 0.3) is 0 Å². The molecule has 0 saturated carbocycles. The summed E-state index contributed by atoms with van der Waals surface area (Å²) in [5.41, 5.74) is 7.21. The molecular weight excluding hydrogens is 212 g/mol. The van der Waals surface area contributed by atoms with Crippen LogP contribution < -0.4 is 5.73 Å².